The molecular weight excluding hydrogens is 448 g/mol. The average molecular weight is 499 g/mol. The Kier molecular flexibility index (Phi) is 10.1. The summed E-state index contributed by atoms with van der Waals surface area (Å²) in [5, 5.41) is 31.0. The molecule has 0 heterocycles. The van der Waals surface area contributed by atoms with E-state index in [1.54, 1.807) is 0 Å². The third kappa shape index (κ3) is 6.36. The number of hydrogen-bond acceptors (Lipinski definition) is 4. The molecule has 0 spiro atoms. The highest BCUT2D eigenvalue weighted by molar-refractivity contribution is 5.38. The molecule has 0 aromatic rings. The summed E-state index contributed by atoms with van der Waals surface area (Å²) in [5.74, 6) is 8.10. The van der Waals surface area contributed by atoms with E-state index in [1.165, 1.54) is 31.3 Å². The molecule has 3 rings (SSSR count). The largest absolute Gasteiger partial charge is 0.393 e. The second-order valence-electron chi connectivity index (χ2n) is 11.8. The fourth-order valence-electron chi connectivity index (χ4n) is 7.14. The van der Waals surface area contributed by atoms with Crippen molar-refractivity contribution in [1.82, 2.24) is 0 Å². The number of hydrogen-bond donors (Lipinski definition) is 3. The average Bonchev–Trinajstić information content (AvgIpc) is 3.21. The van der Waals surface area contributed by atoms with E-state index in [1.807, 2.05) is 20.8 Å². The molecule has 0 aromatic heterocycles. The zero-order valence-corrected chi connectivity index (χ0v) is 23.4. The molecule has 4 nitrogen and oxygen atoms in total. The zero-order valence-electron chi connectivity index (χ0n) is 23.4. The van der Waals surface area contributed by atoms with E-state index < -0.39 is 17.8 Å². The minimum absolute atomic E-state index is 0.112. The van der Waals surface area contributed by atoms with Gasteiger partial charge in [0.1, 0.15) is 6.10 Å². The molecule has 3 aliphatic carbocycles. The summed E-state index contributed by atoms with van der Waals surface area (Å²) in [4.78, 5) is 0. The van der Waals surface area contributed by atoms with Crippen molar-refractivity contribution in [3.8, 4) is 11.8 Å². The summed E-state index contributed by atoms with van der Waals surface area (Å²) < 4.78 is 6.17. The van der Waals surface area contributed by atoms with Crippen LogP contribution in [0.15, 0.2) is 35.5 Å². The molecule has 0 radical (unpaired) electrons. The normalized spacial score (nSPS) is 34.8. The smallest absolute Gasteiger partial charge is 0.121 e. The molecule has 0 aliphatic heterocycles. The molecule has 3 fully saturated rings. The fourth-order valence-corrected chi connectivity index (χ4v) is 7.14. The van der Waals surface area contributed by atoms with Crippen LogP contribution in [0.5, 0.6) is 0 Å². The van der Waals surface area contributed by atoms with Crippen LogP contribution >= 0.6 is 0 Å². The van der Waals surface area contributed by atoms with E-state index in [2.05, 4.69) is 44.4 Å². The number of fused-ring (bicyclic) bond motifs is 1. The minimum Gasteiger partial charge on any atom is -0.393 e. The zero-order chi connectivity index (χ0) is 26.5. The van der Waals surface area contributed by atoms with Gasteiger partial charge in [0.25, 0.3) is 0 Å². The van der Waals surface area contributed by atoms with E-state index in [0.29, 0.717) is 56.5 Å². The second-order valence-corrected chi connectivity index (χ2v) is 11.8. The van der Waals surface area contributed by atoms with E-state index in [0.717, 1.165) is 17.6 Å². The van der Waals surface area contributed by atoms with Crippen LogP contribution in [-0.4, -0.2) is 45.8 Å². The molecule has 3 aliphatic rings. The predicted molar refractivity (Wildman–Crippen MR) is 147 cm³/mol. The van der Waals surface area contributed by atoms with Crippen molar-refractivity contribution in [2.24, 2.45) is 23.2 Å². The molecule has 0 aromatic carbocycles. The lowest BCUT2D eigenvalue weighted by Crippen LogP contribution is -2.39. The maximum Gasteiger partial charge on any atom is 0.121 e. The van der Waals surface area contributed by atoms with Crippen LogP contribution in [0.25, 0.3) is 0 Å². The molecule has 4 heteroatoms. The quantitative estimate of drug-likeness (QED) is 0.353. The lowest BCUT2D eigenvalue weighted by molar-refractivity contribution is 0.00484. The van der Waals surface area contributed by atoms with Crippen molar-refractivity contribution in [2.75, 3.05) is 6.61 Å². The number of aliphatic hydroxyl groups is 3. The number of rotatable bonds is 8. The van der Waals surface area contributed by atoms with Crippen molar-refractivity contribution < 1.29 is 20.1 Å². The Balaban J connectivity index is 1.78. The van der Waals surface area contributed by atoms with Crippen LogP contribution < -0.4 is 0 Å². The molecule has 3 saturated carbocycles. The monoisotopic (exact) mass is 498 g/mol. The molecule has 3 N–H and O–H groups in total. The SMILES string of the molecule is C=C1/C(=C\C=C2/CCC[C@]3(C)[C@@H]([C@@H](C)C(C#CCC(O)(CC)CC)OCC)CC[C@@H]23)C[C@@H](O)C[C@@H]1O. The highest BCUT2D eigenvalue weighted by Crippen LogP contribution is 2.60. The third-order valence-electron chi connectivity index (χ3n) is 9.74. The first kappa shape index (κ1) is 29.2. The highest BCUT2D eigenvalue weighted by Gasteiger charge is 2.51. The van der Waals surface area contributed by atoms with E-state index in [-0.39, 0.29) is 11.5 Å². The highest BCUT2D eigenvalue weighted by atomic mass is 16.5. The molecule has 7 atom stereocenters. The van der Waals surface area contributed by atoms with Gasteiger partial charge in [-0.05, 0) is 92.6 Å². The van der Waals surface area contributed by atoms with Crippen LogP contribution in [0.1, 0.15) is 98.8 Å². The first-order valence-electron chi connectivity index (χ1n) is 14.4. The van der Waals surface area contributed by atoms with Gasteiger partial charge in [0.05, 0.1) is 17.8 Å². The van der Waals surface area contributed by atoms with Gasteiger partial charge in [0.15, 0.2) is 0 Å². The lowest BCUT2D eigenvalue weighted by Gasteiger charge is -2.45. The Labute approximate surface area is 219 Å². The van der Waals surface area contributed by atoms with Crippen LogP contribution in [0, 0.1) is 35.0 Å². The predicted octanol–water partition coefficient (Wildman–Crippen LogP) is 6.11. The lowest BCUT2D eigenvalue weighted by atomic mass is 9.60. The van der Waals surface area contributed by atoms with Crippen molar-refractivity contribution in [1.29, 1.82) is 0 Å². The molecule has 0 bridgehead atoms. The number of allylic oxidation sites excluding steroid dienone is 3. The molecule has 36 heavy (non-hydrogen) atoms. The number of ether oxygens (including phenoxy) is 1. The standard InChI is InChI=1S/C32H50O4/c1-7-32(35,8-2)19-11-13-30(36-9-3)23(5)27-16-17-28-24(12-10-18-31(27,28)6)14-15-25-20-26(33)21-29(34)22(25)4/h14-15,23,26-30,33-35H,4,7-10,12,16-21H2,1-3,5-6H3/b24-14+,25-15-/t23-,26-,27-,28+,29+,30?,31-/m1/s1. The van der Waals surface area contributed by atoms with Gasteiger partial charge in [-0.15, -0.1) is 0 Å². The van der Waals surface area contributed by atoms with Gasteiger partial charge in [0, 0.05) is 19.4 Å². The van der Waals surface area contributed by atoms with Crippen molar-refractivity contribution in [2.45, 2.75) is 123 Å². The number of aliphatic hydroxyl groups excluding tert-OH is 2. The first-order chi connectivity index (χ1) is 17.1. The van der Waals surface area contributed by atoms with Crippen LogP contribution in [-0.2, 0) is 4.74 Å². The van der Waals surface area contributed by atoms with Gasteiger partial charge in [-0.25, -0.2) is 0 Å². The van der Waals surface area contributed by atoms with E-state index >= 15 is 0 Å². The Bertz CT molecular complexity index is 886. The summed E-state index contributed by atoms with van der Waals surface area (Å²) in [7, 11) is 0. The van der Waals surface area contributed by atoms with E-state index in [9.17, 15) is 15.3 Å². The van der Waals surface area contributed by atoms with Crippen LogP contribution in [0.2, 0.25) is 0 Å². The Morgan fingerprint density at radius 1 is 1.19 bits per heavy atom. The molecule has 0 saturated heterocycles. The Hall–Kier alpha value is -1.38. The van der Waals surface area contributed by atoms with E-state index in [4.69, 9.17) is 4.74 Å². The first-order valence-corrected chi connectivity index (χ1v) is 14.4. The van der Waals surface area contributed by atoms with Gasteiger partial charge < -0.3 is 20.1 Å². The minimum atomic E-state index is -0.704. The molecule has 1 unspecified atom stereocenters. The van der Waals surface area contributed by atoms with Gasteiger partial charge in [0.2, 0.25) is 0 Å². The maximum absolute atomic E-state index is 10.6. The summed E-state index contributed by atoms with van der Waals surface area (Å²) in [5.41, 5.74) is 2.75. The molecular formula is C32H50O4. The molecule has 202 valence electrons. The Morgan fingerprint density at radius 3 is 2.58 bits per heavy atom. The van der Waals surface area contributed by atoms with Gasteiger partial charge in [-0.2, -0.15) is 0 Å². The summed E-state index contributed by atoms with van der Waals surface area (Å²) in [6, 6.07) is 0. The topological polar surface area (TPSA) is 69.9 Å². The molecule has 0 amide bonds. The maximum atomic E-state index is 10.6. The van der Waals surface area contributed by atoms with Crippen molar-refractivity contribution in [3.05, 3.63) is 35.5 Å². The van der Waals surface area contributed by atoms with Crippen LogP contribution in [0.3, 0.4) is 0 Å². The Morgan fingerprint density at radius 2 is 1.92 bits per heavy atom. The summed E-state index contributed by atoms with van der Waals surface area (Å²) in [6.45, 7) is 15.6. The fraction of sp³-hybridized carbons (Fsp3) is 0.750. The van der Waals surface area contributed by atoms with Gasteiger partial charge in [-0.3, -0.25) is 0 Å². The van der Waals surface area contributed by atoms with Crippen molar-refractivity contribution in [3.63, 3.8) is 0 Å². The van der Waals surface area contributed by atoms with Gasteiger partial charge >= 0.3 is 0 Å². The summed E-state index contributed by atoms with van der Waals surface area (Å²) >= 11 is 0. The van der Waals surface area contributed by atoms with Gasteiger partial charge in [-0.1, -0.05) is 63.8 Å². The second kappa shape index (κ2) is 12.4. The van der Waals surface area contributed by atoms with Crippen molar-refractivity contribution >= 4 is 0 Å². The third-order valence-corrected chi connectivity index (χ3v) is 9.74. The van der Waals surface area contributed by atoms with Crippen LogP contribution in [0.4, 0.5) is 0 Å². The summed E-state index contributed by atoms with van der Waals surface area (Å²) in [6.07, 6.45) is 11.9.